The lowest BCUT2D eigenvalue weighted by Gasteiger charge is -2.25. The summed E-state index contributed by atoms with van der Waals surface area (Å²) in [7, 11) is 0. The molecule has 0 radical (unpaired) electrons. The molecule has 1 heterocycles. The van der Waals surface area contributed by atoms with E-state index in [4.69, 9.17) is 10.7 Å². The van der Waals surface area contributed by atoms with E-state index in [1.165, 1.54) is 25.0 Å². The first kappa shape index (κ1) is 14.7. The molecule has 0 atom stereocenters. The predicted octanol–water partition coefficient (Wildman–Crippen LogP) is 4.01. The maximum atomic E-state index is 13.1. The summed E-state index contributed by atoms with van der Waals surface area (Å²) in [5, 5.41) is 0. The molecule has 1 aliphatic rings. The van der Waals surface area contributed by atoms with Crippen LogP contribution in [-0.2, 0) is 5.41 Å². The van der Waals surface area contributed by atoms with E-state index in [-0.39, 0.29) is 5.82 Å². The molecular formula is C16H17FIN3. The summed E-state index contributed by atoms with van der Waals surface area (Å²) >= 11 is 2.22. The Morgan fingerprint density at radius 2 is 1.81 bits per heavy atom. The molecule has 0 spiro atoms. The zero-order valence-electron chi connectivity index (χ0n) is 12.0. The van der Waals surface area contributed by atoms with Crippen molar-refractivity contribution in [3.8, 4) is 0 Å². The molecule has 2 aromatic rings. The summed E-state index contributed by atoms with van der Waals surface area (Å²) in [6, 6.07) is 6.50. The van der Waals surface area contributed by atoms with E-state index >= 15 is 0 Å². The maximum Gasteiger partial charge on any atom is 0.141 e. The van der Waals surface area contributed by atoms with Crippen molar-refractivity contribution < 1.29 is 4.39 Å². The van der Waals surface area contributed by atoms with Crippen molar-refractivity contribution in [3.63, 3.8) is 0 Å². The van der Waals surface area contributed by atoms with Gasteiger partial charge in [0, 0.05) is 11.3 Å². The van der Waals surface area contributed by atoms with Gasteiger partial charge >= 0.3 is 0 Å². The van der Waals surface area contributed by atoms with Crippen molar-refractivity contribution >= 4 is 28.4 Å². The van der Waals surface area contributed by atoms with Crippen molar-refractivity contribution in [3.05, 3.63) is 50.7 Å². The van der Waals surface area contributed by atoms with Crippen LogP contribution in [0.1, 0.15) is 49.7 Å². The zero-order valence-corrected chi connectivity index (χ0v) is 14.2. The summed E-state index contributed by atoms with van der Waals surface area (Å²) in [6.45, 7) is 4.08. The number of anilines is 1. The Balaban J connectivity index is 2.07. The summed E-state index contributed by atoms with van der Waals surface area (Å²) in [4.78, 5) is 9.25. The van der Waals surface area contributed by atoms with Crippen LogP contribution in [0.5, 0.6) is 0 Å². The molecule has 3 nitrogen and oxygen atoms in total. The smallest absolute Gasteiger partial charge is 0.141 e. The van der Waals surface area contributed by atoms with Crippen LogP contribution in [0.4, 0.5) is 10.2 Å². The van der Waals surface area contributed by atoms with Crippen molar-refractivity contribution in [2.75, 3.05) is 5.73 Å². The average Bonchev–Trinajstić information content (AvgIpc) is 3.26. The number of benzene rings is 1. The van der Waals surface area contributed by atoms with E-state index in [9.17, 15) is 4.39 Å². The molecule has 5 heteroatoms. The van der Waals surface area contributed by atoms with Gasteiger partial charge in [-0.3, -0.25) is 0 Å². The lowest BCUT2D eigenvalue weighted by atomic mass is 9.83. The number of hydrogen-bond donors (Lipinski definition) is 1. The molecule has 1 saturated carbocycles. The number of nitrogens with zero attached hydrogens (tertiary/aromatic N) is 2. The number of nitrogen functional groups attached to an aromatic ring is 1. The molecule has 110 valence electrons. The second-order valence-corrected chi connectivity index (χ2v) is 7.12. The minimum Gasteiger partial charge on any atom is -0.383 e. The van der Waals surface area contributed by atoms with Gasteiger partial charge in [-0.25, -0.2) is 14.4 Å². The van der Waals surface area contributed by atoms with E-state index in [0.717, 1.165) is 14.8 Å². The molecule has 0 amide bonds. The van der Waals surface area contributed by atoms with E-state index in [1.807, 2.05) is 13.8 Å². The van der Waals surface area contributed by atoms with Gasteiger partial charge in [0.05, 0.1) is 9.26 Å². The van der Waals surface area contributed by atoms with Crippen LogP contribution in [0, 0.1) is 9.39 Å². The maximum absolute atomic E-state index is 13.1. The van der Waals surface area contributed by atoms with E-state index in [1.54, 1.807) is 12.1 Å². The third-order valence-corrected chi connectivity index (χ3v) is 5.10. The molecular weight excluding hydrogens is 380 g/mol. The number of hydrogen-bond acceptors (Lipinski definition) is 3. The van der Waals surface area contributed by atoms with E-state index in [0.29, 0.717) is 17.6 Å². The molecule has 1 fully saturated rings. The first-order valence-electron chi connectivity index (χ1n) is 6.99. The lowest BCUT2D eigenvalue weighted by Crippen LogP contribution is -2.24. The van der Waals surface area contributed by atoms with Gasteiger partial charge < -0.3 is 5.73 Å². The van der Waals surface area contributed by atoms with Gasteiger partial charge in [-0.05, 0) is 67.0 Å². The van der Waals surface area contributed by atoms with E-state index < -0.39 is 5.41 Å². The third-order valence-electron chi connectivity index (χ3n) is 3.99. The van der Waals surface area contributed by atoms with Gasteiger partial charge in [0.15, 0.2) is 0 Å². The van der Waals surface area contributed by atoms with Crippen LogP contribution < -0.4 is 5.73 Å². The van der Waals surface area contributed by atoms with Crippen LogP contribution in [0.25, 0.3) is 0 Å². The highest BCUT2D eigenvalue weighted by molar-refractivity contribution is 14.1. The fourth-order valence-corrected chi connectivity index (χ4v) is 3.07. The Hall–Kier alpha value is -1.24. The number of rotatable bonds is 3. The van der Waals surface area contributed by atoms with Crippen LogP contribution in [0.15, 0.2) is 24.3 Å². The average molecular weight is 397 g/mol. The summed E-state index contributed by atoms with van der Waals surface area (Å²) in [5.74, 6) is 1.52. The van der Waals surface area contributed by atoms with Gasteiger partial charge in [-0.2, -0.15) is 0 Å². The van der Waals surface area contributed by atoms with Gasteiger partial charge in [-0.15, -0.1) is 0 Å². The number of nitrogens with two attached hydrogens (primary N) is 1. The summed E-state index contributed by atoms with van der Waals surface area (Å²) in [6.07, 6.45) is 2.34. The molecule has 1 aromatic carbocycles. The molecule has 0 saturated heterocycles. The Kier molecular flexibility index (Phi) is 3.63. The topological polar surface area (TPSA) is 51.8 Å². The highest BCUT2D eigenvalue weighted by atomic mass is 127. The minimum absolute atomic E-state index is 0.240. The Morgan fingerprint density at radius 1 is 1.19 bits per heavy atom. The van der Waals surface area contributed by atoms with Crippen LogP contribution in [0.3, 0.4) is 0 Å². The van der Waals surface area contributed by atoms with E-state index in [2.05, 4.69) is 27.6 Å². The lowest BCUT2D eigenvalue weighted by molar-refractivity contribution is 0.579. The zero-order chi connectivity index (χ0) is 15.2. The molecule has 0 aliphatic heterocycles. The minimum atomic E-state index is -0.407. The molecule has 2 N–H and O–H groups in total. The summed E-state index contributed by atoms with van der Waals surface area (Å²) < 4.78 is 14.1. The van der Waals surface area contributed by atoms with Crippen LogP contribution >= 0.6 is 22.6 Å². The van der Waals surface area contributed by atoms with Gasteiger partial charge in [0.25, 0.3) is 0 Å². The second-order valence-electron chi connectivity index (χ2n) is 6.04. The van der Waals surface area contributed by atoms with Crippen LogP contribution in [-0.4, -0.2) is 9.97 Å². The van der Waals surface area contributed by atoms with Crippen molar-refractivity contribution in [2.45, 2.75) is 38.0 Å². The Morgan fingerprint density at radius 3 is 2.38 bits per heavy atom. The van der Waals surface area contributed by atoms with Crippen molar-refractivity contribution in [2.24, 2.45) is 0 Å². The SMILES string of the molecule is CC(C)(c1ccc(F)cc1)c1nc(N)c(I)c(C2CC2)n1. The summed E-state index contributed by atoms with van der Waals surface area (Å²) in [5.41, 5.74) is 7.70. The molecule has 1 aromatic heterocycles. The Bertz CT molecular complexity index is 679. The quantitative estimate of drug-likeness (QED) is 0.797. The fraction of sp³-hybridized carbons (Fsp3) is 0.375. The first-order chi connectivity index (χ1) is 9.89. The molecule has 0 bridgehead atoms. The molecule has 1 aliphatic carbocycles. The predicted molar refractivity (Wildman–Crippen MR) is 89.7 cm³/mol. The first-order valence-corrected chi connectivity index (χ1v) is 8.07. The van der Waals surface area contributed by atoms with Gasteiger partial charge in [-0.1, -0.05) is 12.1 Å². The van der Waals surface area contributed by atoms with Crippen LogP contribution in [0.2, 0.25) is 0 Å². The van der Waals surface area contributed by atoms with Crippen molar-refractivity contribution in [1.29, 1.82) is 0 Å². The van der Waals surface area contributed by atoms with Crippen molar-refractivity contribution in [1.82, 2.24) is 9.97 Å². The molecule has 21 heavy (non-hydrogen) atoms. The fourth-order valence-electron chi connectivity index (χ4n) is 2.38. The number of halogens is 2. The molecule has 3 rings (SSSR count). The standard InChI is InChI=1S/C16H17FIN3/c1-16(2,10-5-7-11(17)8-6-10)15-20-13(9-3-4-9)12(18)14(19)21-15/h5-9H,3-4H2,1-2H3,(H2,19,20,21). The largest absolute Gasteiger partial charge is 0.383 e. The monoisotopic (exact) mass is 397 g/mol. The highest BCUT2D eigenvalue weighted by Crippen LogP contribution is 2.43. The third kappa shape index (κ3) is 2.75. The highest BCUT2D eigenvalue weighted by Gasteiger charge is 2.33. The Labute approximate surface area is 137 Å². The van der Waals surface area contributed by atoms with Gasteiger partial charge in [0.1, 0.15) is 17.5 Å². The second kappa shape index (κ2) is 5.19. The molecule has 0 unspecified atom stereocenters. The number of aromatic nitrogens is 2. The normalized spacial score (nSPS) is 15.2. The van der Waals surface area contributed by atoms with Gasteiger partial charge in [0.2, 0.25) is 0 Å².